The average Bonchev–Trinajstić information content (AvgIpc) is 3.46. The van der Waals surface area contributed by atoms with Crippen LogP contribution in [-0.4, -0.2) is 13.3 Å². The number of hydrogen-bond donors (Lipinski definition) is 0. The van der Waals surface area contributed by atoms with Gasteiger partial charge in [-0.1, -0.05) is 72.2 Å². The number of aromatic nitrogens is 1. The molecule has 240 valence electrons. The predicted molar refractivity (Wildman–Crippen MR) is 170 cm³/mol. The molecular weight excluding hydrogens is 585 g/mol. The Balaban J connectivity index is 0.00000442. The van der Waals surface area contributed by atoms with Crippen LogP contribution < -0.4 is 0 Å². The van der Waals surface area contributed by atoms with E-state index in [0.717, 1.165) is 55.5 Å². The number of nitrogens with zero attached hydrogens (tertiary/aromatic N) is 1. The molecule has 2 aromatic carbocycles. The zero-order valence-corrected chi connectivity index (χ0v) is 26.9. The minimum absolute atomic E-state index is 0. The molecule has 8 heteroatoms. The smallest absolute Gasteiger partial charge is 0.410 e. The highest BCUT2D eigenvalue weighted by Gasteiger charge is 2.43. The number of benzene rings is 2. The van der Waals surface area contributed by atoms with Crippen LogP contribution in [0.25, 0.3) is 11.1 Å². The molecule has 2 unspecified atom stereocenters. The maximum absolute atomic E-state index is 17.1. The number of pyridine rings is 1. The first-order valence-corrected chi connectivity index (χ1v) is 18.4. The Bertz CT molecular complexity index is 1440. The van der Waals surface area contributed by atoms with E-state index in [0.29, 0.717) is 34.3 Å². The molecule has 0 N–H and O–H groups in total. The van der Waals surface area contributed by atoms with Crippen LogP contribution in [0.4, 0.5) is 22.0 Å². The van der Waals surface area contributed by atoms with Gasteiger partial charge in [-0.05, 0) is 90.7 Å². The lowest BCUT2D eigenvalue weighted by atomic mass is 9.71. The van der Waals surface area contributed by atoms with E-state index >= 15 is 4.39 Å². The number of halogens is 5. The van der Waals surface area contributed by atoms with Crippen molar-refractivity contribution >= 4 is 8.32 Å². The molecule has 1 saturated carbocycles. The molecule has 0 saturated heterocycles. The van der Waals surface area contributed by atoms with Crippen LogP contribution in [0.15, 0.2) is 48.5 Å². The Morgan fingerprint density at radius 1 is 0.955 bits per heavy atom. The summed E-state index contributed by atoms with van der Waals surface area (Å²) in [5, 5.41) is 0. The Morgan fingerprint density at radius 2 is 1.55 bits per heavy atom. The van der Waals surface area contributed by atoms with Crippen LogP contribution in [0.5, 0.6) is 0 Å². The highest BCUT2D eigenvalue weighted by atomic mass is 28.4. The summed E-state index contributed by atoms with van der Waals surface area (Å²) in [4.78, 5) is 5.26. The van der Waals surface area contributed by atoms with Gasteiger partial charge in [0.2, 0.25) is 0 Å². The largest absolute Gasteiger partial charge is 0.416 e. The van der Waals surface area contributed by atoms with Crippen molar-refractivity contribution in [3.05, 3.63) is 88.0 Å². The summed E-state index contributed by atoms with van der Waals surface area (Å²) in [7, 11) is -2.19. The fourth-order valence-corrected chi connectivity index (χ4v) is 7.81. The highest BCUT2D eigenvalue weighted by Crippen LogP contribution is 2.52. The van der Waals surface area contributed by atoms with E-state index in [1.54, 1.807) is 12.1 Å². The van der Waals surface area contributed by atoms with E-state index < -0.39 is 32.0 Å². The summed E-state index contributed by atoms with van der Waals surface area (Å²) < 4.78 is 78.5. The van der Waals surface area contributed by atoms with Crippen LogP contribution in [0, 0.1) is 11.2 Å². The topological polar surface area (TPSA) is 22.1 Å². The van der Waals surface area contributed by atoms with Gasteiger partial charge in [0.05, 0.1) is 17.4 Å². The van der Waals surface area contributed by atoms with Crippen molar-refractivity contribution in [2.75, 3.05) is 0 Å². The number of hydrogen-bond acceptors (Lipinski definition) is 2. The monoisotopic (exact) mass is 631 g/mol. The van der Waals surface area contributed by atoms with Crippen molar-refractivity contribution in [2.45, 2.75) is 117 Å². The van der Waals surface area contributed by atoms with E-state index in [9.17, 15) is 17.6 Å². The zero-order valence-electron chi connectivity index (χ0n) is 25.9. The average molecular weight is 632 g/mol. The van der Waals surface area contributed by atoms with Crippen molar-refractivity contribution in [2.24, 2.45) is 5.41 Å². The lowest BCUT2D eigenvalue weighted by Crippen LogP contribution is -2.39. The van der Waals surface area contributed by atoms with Gasteiger partial charge in [0.1, 0.15) is 5.82 Å². The Morgan fingerprint density at radius 3 is 2.09 bits per heavy atom. The Labute approximate surface area is 260 Å². The first kappa shape index (κ1) is 34.3. The number of rotatable bonds is 7. The van der Waals surface area contributed by atoms with Crippen molar-refractivity contribution in [3.8, 4) is 11.1 Å². The molecule has 0 amide bonds. The zero-order chi connectivity index (χ0) is 31.3. The van der Waals surface area contributed by atoms with Gasteiger partial charge in [0.15, 0.2) is 14.5 Å². The molecule has 0 aliphatic heterocycles. The summed E-state index contributed by atoms with van der Waals surface area (Å²) in [5.74, 6) is -0.357. The number of fused-ring (bicyclic) bond motifs is 1. The van der Waals surface area contributed by atoms with Gasteiger partial charge in [0, 0.05) is 22.7 Å². The van der Waals surface area contributed by atoms with Crippen LogP contribution >= 0.6 is 0 Å². The normalized spacial score (nSPS) is 19.5. The summed E-state index contributed by atoms with van der Waals surface area (Å²) >= 11 is 0. The van der Waals surface area contributed by atoms with Crippen molar-refractivity contribution in [1.82, 2.24) is 4.98 Å². The molecule has 0 radical (unpaired) electrons. The molecule has 2 aliphatic carbocycles. The van der Waals surface area contributed by atoms with Crippen LogP contribution in [0.3, 0.4) is 0 Å². The van der Waals surface area contributed by atoms with Crippen molar-refractivity contribution < 1.29 is 26.4 Å². The van der Waals surface area contributed by atoms with E-state index in [1.165, 1.54) is 24.3 Å². The Kier molecular flexibility index (Phi) is 9.87. The van der Waals surface area contributed by atoms with Gasteiger partial charge in [-0.2, -0.15) is 13.2 Å². The maximum Gasteiger partial charge on any atom is 0.416 e. The van der Waals surface area contributed by atoms with Crippen LogP contribution in [0.1, 0.15) is 119 Å². The van der Waals surface area contributed by atoms with Gasteiger partial charge in [-0.15, -0.1) is 0 Å². The summed E-state index contributed by atoms with van der Waals surface area (Å²) in [6, 6.07) is 10.4. The second-order valence-electron chi connectivity index (χ2n) is 14.0. The quantitative estimate of drug-likeness (QED) is 0.191. The van der Waals surface area contributed by atoms with Gasteiger partial charge < -0.3 is 4.43 Å². The van der Waals surface area contributed by atoms with Crippen LogP contribution in [-0.2, 0) is 17.0 Å². The van der Waals surface area contributed by atoms with Crippen LogP contribution in [0.2, 0.25) is 18.6 Å². The minimum atomic E-state index is -4.52. The maximum atomic E-state index is 17.1. The molecule has 0 spiro atoms. The third-order valence-corrected chi connectivity index (χ3v) is 13.3. The third kappa shape index (κ3) is 6.96. The molecule has 2 aliphatic rings. The molecule has 44 heavy (non-hydrogen) atoms. The van der Waals surface area contributed by atoms with E-state index in [2.05, 4.69) is 40.8 Å². The van der Waals surface area contributed by atoms with Crippen molar-refractivity contribution in [3.63, 3.8) is 0 Å². The first-order valence-electron chi connectivity index (χ1n) is 15.4. The first-order chi connectivity index (χ1) is 20.1. The minimum Gasteiger partial charge on any atom is -0.410 e. The van der Waals surface area contributed by atoms with Crippen molar-refractivity contribution in [1.29, 1.82) is 0 Å². The second-order valence-corrected chi connectivity index (χ2v) is 18.6. The van der Waals surface area contributed by atoms with Gasteiger partial charge in [-0.25, -0.2) is 8.78 Å². The molecule has 2 nitrogen and oxygen atoms in total. The number of alkyl halides is 4. The summed E-state index contributed by atoms with van der Waals surface area (Å²) in [6.45, 7) is 13.1. The fraction of sp³-hybridized carbons (Fsp3) is 0.528. The molecule has 1 heterocycles. The van der Waals surface area contributed by atoms with E-state index in [1.807, 2.05) is 0 Å². The fourth-order valence-electron chi connectivity index (χ4n) is 6.60. The molecule has 3 aromatic rings. The summed E-state index contributed by atoms with van der Waals surface area (Å²) in [6.07, 6.45) is -1.40. The summed E-state index contributed by atoms with van der Waals surface area (Å²) in [5.41, 5.74) is 3.67. The highest BCUT2D eigenvalue weighted by molar-refractivity contribution is 6.72. The molecular formula is C36H46F5NOSi. The molecule has 2 atom stereocenters. The second kappa shape index (κ2) is 12.7. The predicted octanol–water partition coefficient (Wildman–Crippen LogP) is 11.9. The third-order valence-electron chi connectivity index (χ3n) is 9.58. The standard InChI is InChI=1S/C35H42F5NOSi.CH4/c1-21(2)43(5,6)42-28-20-34(3,4)19-27-30(28)29(22-13-17-26(36)18-14-22)31(33(41-27)24-9-7-8-10-24)32(37)23-11-15-25(16-12-23)35(38,39)40;/h11-18,21,24,28,32H,7-10,19-20H2,1-6H3;1H4. The molecule has 0 bridgehead atoms. The molecule has 1 aromatic heterocycles. The lowest BCUT2D eigenvalue weighted by Gasteiger charge is -2.43. The SMILES string of the molecule is C.CC(C)[Si](C)(C)OC1CC(C)(C)Cc2nc(C3CCCC3)c(C(F)c3ccc(C(F)(F)F)cc3)c(-c3ccc(F)cc3)c21. The molecule has 5 rings (SSSR count). The van der Waals surface area contributed by atoms with Gasteiger partial charge in [0.25, 0.3) is 0 Å². The van der Waals surface area contributed by atoms with E-state index in [4.69, 9.17) is 9.41 Å². The van der Waals surface area contributed by atoms with Gasteiger partial charge in [-0.3, -0.25) is 4.98 Å². The lowest BCUT2D eigenvalue weighted by molar-refractivity contribution is -0.137. The van der Waals surface area contributed by atoms with E-state index in [-0.39, 0.29) is 30.4 Å². The Hall–Kier alpha value is -2.58. The van der Waals surface area contributed by atoms with Gasteiger partial charge >= 0.3 is 6.18 Å². The molecule has 1 fully saturated rings.